The lowest BCUT2D eigenvalue weighted by Gasteiger charge is -2.40. The maximum absolute atomic E-state index is 14.4. The monoisotopic (exact) mass is 590 g/mol. The highest BCUT2D eigenvalue weighted by molar-refractivity contribution is 6.03. The van der Waals surface area contributed by atoms with Gasteiger partial charge in [0.05, 0.1) is 27.9 Å². The topological polar surface area (TPSA) is 173 Å². The smallest absolute Gasteiger partial charge is 0.442 e. The van der Waals surface area contributed by atoms with Crippen molar-refractivity contribution < 1.29 is 42.3 Å². The zero-order valence-corrected chi connectivity index (χ0v) is 25.3. The van der Waals surface area contributed by atoms with Gasteiger partial charge in [0.1, 0.15) is 35.3 Å². The normalized spacial score (nSPS) is 19.8. The van der Waals surface area contributed by atoms with Gasteiger partial charge in [-0.1, -0.05) is 27.7 Å². The molecule has 0 radical (unpaired) electrons. The van der Waals surface area contributed by atoms with E-state index >= 15 is 0 Å². The number of likely N-dealkylation sites (tertiary alicyclic amines) is 1. The molecule has 4 amide bonds. The number of methoxy groups -OCH3 is 3. The lowest BCUT2D eigenvalue weighted by Crippen LogP contribution is -2.70. The summed E-state index contributed by atoms with van der Waals surface area (Å²) in [6.07, 6.45) is -0.0874. The standard InChI is InChI=1S/C28H40N5O9/c1-15(2)21(29)25(35)33(13-9-10-17(33)5)26(36)31(27(37)41-8)22(16(3)4)23(34)24-30-32(28(38)42-24)19-12-11-18(39-6)14-20(19)40-7/h11-12,14-17,21-22H,9-10,13,29H2,1-8H3/q+1/t17-,21+,22+,33?/m1/s1. The number of aromatic nitrogens is 2. The van der Waals surface area contributed by atoms with Crippen LogP contribution in [0.25, 0.3) is 5.69 Å². The number of quaternary nitrogens is 1. The lowest BCUT2D eigenvalue weighted by molar-refractivity contribution is -0.788. The number of nitrogens with two attached hydrogens (primary N) is 1. The summed E-state index contributed by atoms with van der Waals surface area (Å²) in [7, 11) is 3.91. The van der Waals surface area contributed by atoms with Crippen LogP contribution < -0.4 is 21.0 Å². The molecule has 2 N–H and O–H groups in total. The molecule has 14 nitrogen and oxygen atoms in total. The van der Waals surface area contributed by atoms with Crippen molar-refractivity contribution in [2.75, 3.05) is 27.9 Å². The van der Waals surface area contributed by atoms with E-state index in [4.69, 9.17) is 24.4 Å². The first-order valence-electron chi connectivity index (χ1n) is 13.7. The molecule has 2 aromatic rings. The van der Waals surface area contributed by atoms with Gasteiger partial charge >= 0.3 is 23.8 Å². The first-order valence-corrected chi connectivity index (χ1v) is 13.7. The number of nitrogens with zero attached hydrogens (tertiary/aromatic N) is 4. The Morgan fingerprint density at radius 2 is 1.76 bits per heavy atom. The van der Waals surface area contributed by atoms with Gasteiger partial charge in [-0.25, -0.2) is 19.2 Å². The summed E-state index contributed by atoms with van der Waals surface area (Å²) >= 11 is 0. The van der Waals surface area contributed by atoms with Crippen LogP contribution in [0.15, 0.2) is 27.4 Å². The fourth-order valence-corrected chi connectivity index (χ4v) is 5.27. The van der Waals surface area contributed by atoms with E-state index in [1.807, 2.05) is 0 Å². The van der Waals surface area contributed by atoms with E-state index in [1.165, 1.54) is 26.4 Å². The van der Waals surface area contributed by atoms with Crippen molar-refractivity contribution in [3.05, 3.63) is 34.6 Å². The molecule has 4 atom stereocenters. The van der Waals surface area contributed by atoms with Gasteiger partial charge < -0.3 is 24.4 Å². The molecule has 0 bridgehead atoms. The molecule has 1 aliphatic heterocycles. The predicted octanol–water partition coefficient (Wildman–Crippen LogP) is 2.75. The highest BCUT2D eigenvalue weighted by Gasteiger charge is 2.59. The van der Waals surface area contributed by atoms with Crippen molar-refractivity contribution in [3.63, 3.8) is 0 Å². The predicted molar refractivity (Wildman–Crippen MR) is 149 cm³/mol. The van der Waals surface area contributed by atoms with E-state index in [0.29, 0.717) is 23.5 Å². The average Bonchev–Trinajstić information content (AvgIpc) is 3.55. The Morgan fingerprint density at radius 3 is 2.26 bits per heavy atom. The van der Waals surface area contributed by atoms with Crippen molar-refractivity contribution in [1.29, 1.82) is 0 Å². The molecule has 230 valence electrons. The van der Waals surface area contributed by atoms with Gasteiger partial charge in [-0.3, -0.25) is 4.79 Å². The van der Waals surface area contributed by atoms with E-state index in [-0.39, 0.29) is 23.9 Å². The molecule has 3 rings (SSSR count). The molecule has 1 fully saturated rings. The summed E-state index contributed by atoms with van der Waals surface area (Å²) in [5, 5.41) is 4.08. The summed E-state index contributed by atoms with van der Waals surface area (Å²) in [6, 6.07) is 0.616. The number of ether oxygens (including phenoxy) is 3. The summed E-state index contributed by atoms with van der Waals surface area (Å²) in [5.41, 5.74) is 6.40. The van der Waals surface area contributed by atoms with Gasteiger partial charge in [0, 0.05) is 18.9 Å². The van der Waals surface area contributed by atoms with Gasteiger partial charge in [-0.2, -0.15) is 14.1 Å². The quantitative estimate of drug-likeness (QED) is 0.336. The Hall–Kier alpha value is -4.04. The Balaban J connectivity index is 2.13. The number of Topliss-reactive ketones (excluding diaryl/α,β-unsaturated/α-hetero) is 1. The second kappa shape index (κ2) is 12.9. The molecule has 0 spiro atoms. The van der Waals surface area contributed by atoms with Crippen LogP contribution in [0.4, 0.5) is 9.59 Å². The minimum atomic E-state index is -1.53. The molecule has 2 heterocycles. The van der Waals surface area contributed by atoms with Crippen LogP contribution in [0, 0.1) is 11.8 Å². The Bertz CT molecular complexity index is 1400. The maximum Gasteiger partial charge on any atom is 0.442 e. The first-order chi connectivity index (χ1) is 19.8. The van der Waals surface area contributed by atoms with E-state index in [1.54, 1.807) is 40.7 Å². The molecule has 0 saturated carbocycles. The van der Waals surface area contributed by atoms with Crippen molar-refractivity contribution in [2.24, 2.45) is 17.6 Å². The van der Waals surface area contributed by atoms with Gasteiger partial charge in [0.15, 0.2) is 0 Å². The Morgan fingerprint density at radius 1 is 1.10 bits per heavy atom. The molecule has 1 saturated heterocycles. The van der Waals surface area contributed by atoms with Crippen molar-refractivity contribution in [1.82, 2.24) is 14.7 Å². The molecule has 1 unspecified atom stereocenters. The molecule has 1 aliphatic rings. The molecule has 1 aromatic heterocycles. The zero-order valence-electron chi connectivity index (χ0n) is 25.3. The maximum atomic E-state index is 14.4. The summed E-state index contributed by atoms with van der Waals surface area (Å²) in [6.45, 7) is 8.57. The van der Waals surface area contributed by atoms with E-state index < -0.39 is 64.0 Å². The summed E-state index contributed by atoms with van der Waals surface area (Å²) in [4.78, 5) is 68.8. The zero-order chi connectivity index (χ0) is 31.5. The minimum Gasteiger partial charge on any atom is -0.497 e. The number of benzene rings is 1. The average molecular weight is 591 g/mol. The molecular formula is C28H40N5O9+. The van der Waals surface area contributed by atoms with Gasteiger partial charge in [-0.15, -0.1) is 5.10 Å². The largest absolute Gasteiger partial charge is 0.497 e. The number of hydrogen-bond acceptors (Lipinski definition) is 11. The number of hydrogen-bond donors (Lipinski definition) is 1. The van der Waals surface area contributed by atoms with E-state index in [0.717, 1.165) is 11.8 Å². The second-order valence-electron chi connectivity index (χ2n) is 11.0. The number of carbonyl (C=O) groups excluding carboxylic acids is 4. The molecule has 42 heavy (non-hydrogen) atoms. The van der Waals surface area contributed by atoms with Crippen LogP contribution in [-0.2, 0) is 9.53 Å². The first kappa shape index (κ1) is 32.5. The third kappa shape index (κ3) is 5.68. The second-order valence-corrected chi connectivity index (χ2v) is 11.0. The Kier molecular flexibility index (Phi) is 9.94. The fourth-order valence-electron chi connectivity index (χ4n) is 5.27. The highest BCUT2D eigenvalue weighted by Crippen LogP contribution is 2.34. The number of rotatable bonds is 9. The van der Waals surface area contributed by atoms with Gasteiger partial charge in [0.25, 0.3) is 5.89 Å². The third-order valence-electron chi connectivity index (χ3n) is 7.75. The van der Waals surface area contributed by atoms with Crippen LogP contribution in [0.3, 0.4) is 0 Å². The fraction of sp³-hybridized carbons (Fsp3) is 0.571. The molecule has 1 aromatic carbocycles. The minimum absolute atomic E-state index is 0.104. The molecule has 14 heteroatoms. The number of carbonyl (C=O) groups is 4. The van der Waals surface area contributed by atoms with E-state index in [2.05, 4.69) is 5.10 Å². The van der Waals surface area contributed by atoms with Crippen LogP contribution in [0.2, 0.25) is 0 Å². The third-order valence-corrected chi connectivity index (χ3v) is 7.75. The van der Waals surface area contributed by atoms with Gasteiger partial charge in [-0.05, 0) is 30.9 Å². The lowest BCUT2D eigenvalue weighted by atomic mass is 9.97. The summed E-state index contributed by atoms with van der Waals surface area (Å²) < 4.78 is 20.8. The summed E-state index contributed by atoms with van der Waals surface area (Å²) in [5.74, 6) is -3.45. The Labute approximate surface area is 243 Å². The molecule has 0 aliphatic carbocycles. The van der Waals surface area contributed by atoms with Crippen LogP contribution in [0.5, 0.6) is 11.5 Å². The highest BCUT2D eigenvalue weighted by atomic mass is 16.5. The molecular weight excluding hydrogens is 550 g/mol. The van der Waals surface area contributed by atoms with Crippen LogP contribution in [-0.4, -0.2) is 89.0 Å². The van der Waals surface area contributed by atoms with Crippen molar-refractivity contribution in [2.45, 2.75) is 65.6 Å². The van der Waals surface area contributed by atoms with Crippen LogP contribution >= 0.6 is 0 Å². The van der Waals surface area contributed by atoms with Crippen molar-refractivity contribution in [3.8, 4) is 17.2 Å². The number of imide groups is 2. The van der Waals surface area contributed by atoms with E-state index in [9.17, 15) is 24.0 Å². The number of urea groups is 1. The van der Waals surface area contributed by atoms with Crippen LogP contribution in [0.1, 0.15) is 58.1 Å². The SMILES string of the molecule is COC(=O)N(C(=O)[N+]1(C(=O)[C@@H](N)C(C)C)CCC[C@H]1C)[C@H](C(=O)c1nn(-c2ccc(OC)cc2OC)c(=O)o1)C(C)C. The van der Waals surface area contributed by atoms with Gasteiger partial charge in [0.2, 0.25) is 5.78 Å². The number of ketones is 1. The van der Waals surface area contributed by atoms with Crippen molar-refractivity contribution >= 4 is 23.8 Å². The number of amides is 4.